The molecule has 6 N–H and O–H groups in total. The predicted molar refractivity (Wildman–Crippen MR) is 176 cm³/mol. The van der Waals surface area contributed by atoms with Gasteiger partial charge in [0.25, 0.3) is 0 Å². The number of aromatic carboxylic acids is 1. The standard InChI is InChI=1S/C33H44O12S2/c1-17-4-6-33(43-16-47-46-15-32(7-8-34)14-42-9-5-22(17)32)24(13-35)45-31(28(38)29(33)39)44-23-12-21(30(40)41)11-20-10-18(2)25(19(3)36)27(37)26(20)23/h10-12,17,22,24,28-29,31,34-35,37-39H,4-9,13-16H2,1-3H3,(H,40,41)/t17-,22+,24+,28+,29+,31-,32+,33-/m0/s1. The maximum absolute atomic E-state index is 12.4. The molecule has 8 atom stereocenters. The number of Topliss-reactive ketones (excluding diaryl/α,β-unsaturated/α-hetero) is 1. The zero-order valence-electron chi connectivity index (χ0n) is 26.7. The second kappa shape index (κ2) is 14.8. The molecule has 260 valence electrons. The molecule has 2 aromatic carbocycles. The Bertz CT molecular complexity index is 1460. The first kappa shape index (κ1) is 36.1. The molecule has 0 unspecified atom stereocenters. The molecule has 0 bridgehead atoms. The topological polar surface area (TPSA) is 192 Å². The second-order valence-corrected chi connectivity index (χ2v) is 15.4. The fourth-order valence-corrected chi connectivity index (χ4v) is 10.1. The Morgan fingerprint density at radius 1 is 1.13 bits per heavy atom. The maximum atomic E-state index is 12.4. The van der Waals surface area contributed by atoms with E-state index in [9.17, 15) is 40.2 Å². The third kappa shape index (κ3) is 6.86. The number of ketones is 1. The summed E-state index contributed by atoms with van der Waals surface area (Å²) in [4.78, 5) is 24.4. The smallest absolute Gasteiger partial charge is 0.335 e. The molecule has 1 spiro atoms. The van der Waals surface area contributed by atoms with E-state index in [1.807, 2.05) is 0 Å². The molecule has 47 heavy (non-hydrogen) atoms. The lowest BCUT2D eigenvalue weighted by atomic mass is 9.65. The van der Waals surface area contributed by atoms with Gasteiger partial charge >= 0.3 is 5.97 Å². The minimum absolute atomic E-state index is 0.0330. The zero-order valence-corrected chi connectivity index (χ0v) is 28.3. The number of benzene rings is 2. The molecular weight excluding hydrogens is 652 g/mol. The first-order valence-corrected chi connectivity index (χ1v) is 18.3. The van der Waals surface area contributed by atoms with Crippen molar-refractivity contribution in [3.05, 3.63) is 34.9 Å². The van der Waals surface area contributed by atoms with E-state index in [0.29, 0.717) is 31.6 Å². The number of carboxylic acid groups (broad SMARTS) is 1. The van der Waals surface area contributed by atoms with E-state index in [1.54, 1.807) is 23.8 Å². The maximum Gasteiger partial charge on any atom is 0.335 e. The van der Waals surface area contributed by atoms with Gasteiger partial charge in [0, 0.05) is 24.4 Å². The van der Waals surface area contributed by atoms with Gasteiger partial charge in [-0.15, -0.1) is 0 Å². The number of aliphatic hydroxyl groups is 4. The number of phenolic OH excluding ortho intramolecular Hbond substituents is 1. The van der Waals surface area contributed by atoms with Crippen LogP contribution in [0.3, 0.4) is 0 Å². The molecule has 14 heteroatoms. The Morgan fingerprint density at radius 3 is 2.57 bits per heavy atom. The molecule has 3 saturated heterocycles. The third-order valence-corrected chi connectivity index (χ3v) is 12.4. The Balaban J connectivity index is 1.48. The fourth-order valence-electron chi connectivity index (χ4n) is 7.72. The van der Waals surface area contributed by atoms with Crippen molar-refractivity contribution < 1.29 is 59.2 Å². The van der Waals surface area contributed by atoms with Crippen molar-refractivity contribution in [1.82, 2.24) is 0 Å². The Hall–Kier alpha value is -2.14. The average Bonchev–Trinajstić information content (AvgIpc) is 3.05. The van der Waals surface area contributed by atoms with Gasteiger partial charge in [0.2, 0.25) is 6.29 Å². The van der Waals surface area contributed by atoms with Gasteiger partial charge < -0.3 is 49.6 Å². The van der Waals surface area contributed by atoms with Crippen molar-refractivity contribution >= 4 is 44.1 Å². The van der Waals surface area contributed by atoms with Gasteiger partial charge in [0.1, 0.15) is 41.4 Å². The molecule has 3 aliphatic heterocycles. The Labute approximate surface area is 281 Å². The number of carbonyl (C=O) groups is 2. The van der Waals surface area contributed by atoms with Crippen molar-refractivity contribution in [1.29, 1.82) is 0 Å². The fraction of sp³-hybridized carbons (Fsp3) is 0.636. The largest absolute Gasteiger partial charge is 0.506 e. The van der Waals surface area contributed by atoms with Gasteiger partial charge in [0.15, 0.2) is 5.78 Å². The molecule has 12 nitrogen and oxygen atoms in total. The number of ether oxygens (including phenoxy) is 4. The van der Waals surface area contributed by atoms with Gasteiger partial charge in [-0.25, -0.2) is 4.79 Å². The zero-order chi connectivity index (χ0) is 34.1. The predicted octanol–water partition coefficient (Wildman–Crippen LogP) is 3.50. The highest BCUT2D eigenvalue weighted by molar-refractivity contribution is 8.76. The van der Waals surface area contributed by atoms with Crippen molar-refractivity contribution in [3.8, 4) is 11.5 Å². The summed E-state index contributed by atoms with van der Waals surface area (Å²) in [6.45, 7) is 5.66. The molecular formula is C33H44O12S2. The highest BCUT2D eigenvalue weighted by atomic mass is 33.1. The number of aliphatic hydroxyl groups excluding tert-OH is 4. The van der Waals surface area contributed by atoms with Crippen molar-refractivity contribution in [2.75, 3.05) is 38.1 Å². The number of hydrogen-bond donors (Lipinski definition) is 6. The summed E-state index contributed by atoms with van der Waals surface area (Å²) in [5.74, 6) is -1.08. The first-order valence-electron chi connectivity index (χ1n) is 15.8. The number of phenols is 1. The minimum Gasteiger partial charge on any atom is -0.506 e. The molecule has 0 aliphatic carbocycles. The first-order chi connectivity index (χ1) is 22.4. The quantitative estimate of drug-likeness (QED) is 0.182. The van der Waals surface area contributed by atoms with E-state index < -0.39 is 54.3 Å². The van der Waals surface area contributed by atoms with E-state index in [0.717, 1.165) is 18.2 Å². The summed E-state index contributed by atoms with van der Waals surface area (Å²) in [7, 11) is 3.02. The van der Waals surface area contributed by atoms with Gasteiger partial charge in [-0.1, -0.05) is 34.6 Å². The lowest BCUT2D eigenvalue weighted by Crippen LogP contribution is -2.69. The van der Waals surface area contributed by atoms with Crippen LogP contribution in [-0.4, -0.2) is 111 Å². The molecule has 3 aliphatic rings. The lowest BCUT2D eigenvalue weighted by molar-refractivity contribution is -0.322. The highest BCUT2D eigenvalue weighted by Crippen LogP contribution is 2.50. The van der Waals surface area contributed by atoms with Crippen LogP contribution in [0, 0.1) is 24.2 Å². The van der Waals surface area contributed by atoms with Gasteiger partial charge in [-0.05, 0) is 74.4 Å². The molecule has 0 aromatic heterocycles. The van der Waals surface area contributed by atoms with Crippen LogP contribution in [0.2, 0.25) is 0 Å². The van der Waals surface area contributed by atoms with Crippen LogP contribution in [0.4, 0.5) is 0 Å². The van der Waals surface area contributed by atoms with E-state index in [1.165, 1.54) is 23.8 Å². The SMILES string of the molecule is CC(=O)c1c(C)cc2cc(C(=O)O)cc(O[C@H]3O[C@H](CO)[C@@]4(CC[C@H](C)[C@H]5CCOC[C@]5(CCO)CSSCO4)[C@H](O)[C@H]3O)c2c1O. The third-order valence-electron chi connectivity index (χ3n) is 10.2. The monoisotopic (exact) mass is 696 g/mol. The number of aryl methyl sites for hydroxylation is 1. The van der Waals surface area contributed by atoms with E-state index in [2.05, 4.69) is 6.92 Å². The summed E-state index contributed by atoms with van der Waals surface area (Å²) in [5.41, 5.74) is -1.45. The van der Waals surface area contributed by atoms with Crippen molar-refractivity contribution in [2.45, 2.75) is 76.7 Å². The second-order valence-electron chi connectivity index (χ2n) is 13.0. The van der Waals surface area contributed by atoms with Crippen LogP contribution >= 0.6 is 21.6 Å². The lowest BCUT2D eigenvalue weighted by Gasteiger charge is -2.51. The van der Waals surface area contributed by atoms with Gasteiger partial charge in [-0.2, -0.15) is 0 Å². The molecule has 0 saturated carbocycles. The molecule has 2 aromatic rings. The number of carboxylic acids is 1. The van der Waals surface area contributed by atoms with Gasteiger partial charge in [0.05, 0.1) is 29.7 Å². The molecule has 0 radical (unpaired) electrons. The number of rotatable bonds is 7. The molecule has 5 rings (SSSR count). The van der Waals surface area contributed by atoms with E-state index >= 15 is 0 Å². The number of aromatic hydroxyl groups is 1. The van der Waals surface area contributed by atoms with Crippen LogP contribution in [0.15, 0.2) is 18.2 Å². The minimum atomic E-state index is -1.71. The summed E-state index contributed by atoms with van der Waals surface area (Å²) in [6.07, 6.45) is -3.83. The summed E-state index contributed by atoms with van der Waals surface area (Å²) >= 11 is 0. The van der Waals surface area contributed by atoms with Gasteiger partial charge in [-0.3, -0.25) is 4.79 Å². The average molecular weight is 697 g/mol. The molecule has 3 fully saturated rings. The van der Waals surface area contributed by atoms with Crippen LogP contribution in [0.25, 0.3) is 10.8 Å². The normalized spacial score (nSPS) is 33.6. The van der Waals surface area contributed by atoms with Crippen molar-refractivity contribution in [3.63, 3.8) is 0 Å². The summed E-state index contributed by atoms with van der Waals surface area (Å²) in [6, 6.07) is 4.04. The highest BCUT2D eigenvalue weighted by Gasteiger charge is 2.58. The van der Waals surface area contributed by atoms with Crippen LogP contribution in [-0.2, 0) is 14.2 Å². The summed E-state index contributed by atoms with van der Waals surface area (Å²) < 4.78 is 24.4. The van der Waals surface area contributed by atoms with Crippen LogP contribution in [0.1, 0.15) is 65.8 Å². The Kier molecular flexibility index (Phi) is 11.4. The van der Waals surface area contributed by atoms with Crippen LogP contribution in [0.5, 0.6) is 11.5 Å². The summed E-state index contributed by atoms with van der Waals surface area (Å²) in [5, 5.41) is 65.1. The molecule has 3 heterocycles. The van der Waals surface area contributed by atoms with E-state index in [-0.39, 0.29) is 63.9 Å². The number of carbonyl (C=O) groups excluding carboxylic acids is 1. The van der Waals surface area contributed by atoms with E-state index in [4.69, 9.17) is 18.9 Å². The Morgan fingerprint density at radius 2 is 1.89 bits per heavy atom. The van der Waals surface area contributed by atoms with Crippen LogP contribution < -0.4 is 4.74 Å². The number of fused-ring (bicyclic) bond motifs is 2. The van der Waals surface area contributed by atoms with Crippen molar-refractivity contribution in [2.24, 2.45) is 17.3 Å². The molecule has 0 amide bonds. The number of hydrogen-bond acceptors (Lipinski definition) is 13.